The summed E-state index contributed by atoms with van der Waals surface area (Å²) < 4.78 is 27.6. The largest absolute Gasteiger partial charge is 0.489 e. The number of nitrogens with zero attached hydrogens (tertiary/aromatic N) is 1. The van der Waals surface area contributed by atoms with Gasteiger partial charge in [-0.05, 0) is 19.1 Å². The lowest BCUT2D eigenvalue weighted by atomic mass is 10.2. The molecule has 0 amide bonds. The number of para-hydroxylation sites is 1. The lowest BCUT2D eigenvalue weighted by Crippen LogP contribution is -2.39. The van der Waals surface area contributed by atoms with Crippen LogP contribution in [-0.2, 0) is 9.84 Å². The van der Waals surface area contributed by atoms with Gasteiger partial charge >= 0.3 is 0 Å². The number of sulfone groups is 1. The molecule has 1 rings (SSSR count). The molecule has 0 aromatic heterocycles. The van der Waals surface area contributed by atoms with Crippen molar-refractivity contribution < 1.29 is 18.3 Å². The van der Waals surface area contributed by atoms with E-state index in [2.05, 4.69) is 5.32 Å². The Kier molecular flexibility index (Phi) is 6.62. The lowest BCUT2D eigenvalue weighted by molar-refractivity contribution is 0.104. The third kappa shape index (κ3) is 7.09. The molecule has 2 unspecified atom stereocenters. The smallest absolute Gasteiger partial charge is 0.148 e. The summed E-state index contributed by atoms with van der Waals surface area (Å²) in [7, 11) is -3.05. The summed E-state index contributed by atoms with van der Waals surface area (Å²) in [6.07, 6.45) is 0.377. The maximum atomic E-state index is 11.1. The molecule has 0 radical (unpaired) electrons. The van der Waals surface area contributed by atoms with Crippen molar-refractivity contribution in [1.82, 2.24) is 5.32 Å². The monoisotopic (exact) mass is 312 g/mol. The first kappa shape index (κ1) is 17.4. The van der Waals surface area contributed by atoms with Gasteiger partial charge in [-0.2, -0.15) is 5.26 Å². The minimum absolute atomic E-state index is 0.0117. The molecule has 2 atom stereocenters. The first-order valence-corrected chi connectivity index (χ1v) is 8.59. The van der Waals surface area contributed by atoms with Crippen molar-refractivity contribution >= 4 is 9.84 Å². The minimum Gasteiger partial charge on any atom is -0.489 e. The Labute approximate surface area is 125 Å². The molecule has 7 heteroatoms. The van der Waals surface area contributed by atoms with Gasteiger partial charge < -0.3 is 15.2 Å². The van der Waals surface area contributed by atoms with E-state index in [-0.39, 0.29) is 24.9 Å². The van der Waals surface area contributed by atoms with E-state index in [0.29, 0.717) is 11.3 Å². The van der Waals surface area contributed by atoms with Crippen LogP contribution in [-0.4, -0.2) is 50.8 Å². The third-order valence-electron chi connectivity index (χ3n) is 2.69. The summed E-state index contributed by atoms with van der Waals surface area (Å²) in [6, 6.07) is 8.53. The number of nitrogens with one attached hydrogen (secondary N) is 1. The van der Waals surface area contributed by atoms with E-state index in [4.69, 9.17) is 10.00 Å². The number of aliphatic hydroxyl groups is 1. The standard InChI is InChI=1S/C14H20N2O4S/c1-11(10-21(2,18)19)16-8-13(17)9-20-14-6-4-3-5-12(14)7-15/h3-6,11,13,16-17H,8-10H2,1-2H3. The van der Waals surface area contributed by atoms with Gasteiger partial charge in [-0.3, -0.25) is 0 Å². The van der Waals surface area contributed by atoms with Gasteiger partial charge in [0.1, 0.15) is 34.4 Å². The molecule has 0 spiro atoms. The van der Waals surface area contributed by atoms with E-state index in [0.717, 1.165) is 0 Å². The Morgan fingerprint density at radius 3 is 2.71 bits per heavy atom. The van der Waals surface area contributed by atoms with Crippen LogP contribution in [0.15, 0.2) is 24.3 Å². The zero-order chi connectivity index (χ0) is 15.9. The molecular weight excluding hydrogens is 292 g/mol. The van der Waals surface area contributed by atoms with E-state index in [1.54, 1.807) is 31.2 Å². The van der Waals surface area contributed by atoms with Crippen LogP contribution >= 0.6 is 0 Å². The molecule has 1 aromatic rings. The Morgan fingerprint density at radius 2 is 2.10 bits per heavy atom. The van der Waals surface area contributed by atoms with Crippen molar-refractivity contribution in [3.8, 4) is 11.8 Å². The highest BCUT2D eigenvalue weighted by molar-refractivity contribution is 7.90. The van der Waals surface area contributed by atoms with E-state index < -0.39 is 15.9 Å². The van der Waals surface area contributed by atoms with E-state index in [1.807, 2.05) is 6.07 Å². The number of nitriles is 1. The molecular formula is C14H20N2O4S. The molecule has 0 aliphatic carbocycles. The average Bonchev–Trinajstić information content (AvgIpc) is 2.41. The summed E-state index contributed by atoms with van der Waals surface area (Å²) in [5.74, 6) is 0.431. The third-order valence-corrected chi connectivity index (χ3v) is 3.80. The molecule has 116 valence electrons. The van der Waals surface area contributed by atoms with Crippen molar-refractivity contribution in [2.45, 2.75) is 19.1 Å². The molecule has 0 aliphatic rings. The number of hydrogen-bond donors (Lipinski definition) is 2. The first-order chi connectivity index (χ1) is 9.81. The summed E-state index contributed by atoms with van der Waals surface area (Å²) in [5.41, 5.74) is 0.406. The number of rotatable bonds is 8. The van der Waals surface area contributed by atoms with Gasteiger partial charge in [0, 0.05) is 18.8 Å². The second-order valence-electron chi connectivity index (χ2n) is 4.97. The SMILES string of the molecule is CC(CS(C)(=O)=O)NCC(O)COc1ccccc1C#N. The predicted octanol–water partition coefficient (Wildman–Crippen LogP) is 0.321. The molecule has 0 heterocycles. The normalized spacial score (nSPS) is 14.2. The topological polar surface area (TPSA) is 99.4 Å². The van der Waals surface area contributed by atoms with Gasteiger partial charge in [0.05, 0.1) is 11.3 Å². The Morgan fingerprint density at radius 1 is 1.43 bits per heavy atom. The number of aliphatic hydroxyl groups excluding tert-OH is 1. The van der Waals surface area contributed by atoms with E-state index in [1.165, 1.54) is 6.26 Å². The van der Waals surface area contributed by atoms with Gasteiger partial charge in [-0.1, -0.05) is 12.1 Å². The van der Waals surface area contributed by atoms with Crippen molar-refractivity contribution in [2.75, 3.05) is 25.2 Å². The Hall–Kier alpha value is -1.62. The van der Waals surface area contributed by atoms with Crippen molar-refractivity contribution in [1.29, 1.82) is 5.26 Å². The number of ether oxygens (including phenoxy) is 1. The van der Waals surface area contributed by atoms with E-state index >= 15 is 0 Å². The molecule has 0 fully saturated rings. The molecule has 0 bridgehead atoms. The Balaban J connectivity index is 2.38. The summed E-state index contributed by atoms with van der Waals surface area (Å²) in [5, 5.41) is 21.6. The zero-order valence-electron chi connectivity index (χ0n) is 12.1. The molecule has 21 heavy (non-hydrogen) atoms. The van der Waals surface area contributed by atoms with Gasteiger partial charge in [0.15, 0.2) is 0 Å². The minimum atomic E-state index is -3.05. The van der Waals surface area contributed by atoms with Crippen molar-refractivity contribution in [3.63, 3.8) is 0 Å². The average molecular weight is 312 g/mol. The summed E-state index contributed by atoms with van der Waals surface area (Å²) >= 11 is 0. The van der Waals surface area contributed by atoms with E-state index in [9.17, 15) is 13.5 Å². The van der Waals surface area contributed by atoms with Gasteiger partial charge in [-0.15, -0.1) is 0 Å². The molecule has 0 saturated carbocycles. The summed E-state index contributed by atoms with van der Waals surface area (Å²) in [4.78, 5) is 0. The van der Waals surface area contributed by atoms with Crippen LogP contribution in [0.4, 0.5) is 0 Å². The highest BCUT2D eigenvalue weighted by atomic mass is 32.2. The molecule has 1 aromatic carbocycles. The number of hydrogen-bond acceptors (Lipinski definition) is 6. The van der Waals surface area contributed by atoms with Gasteiger partial charge in [0.25, 0.3) is 0 Å². The van der Waals surface area contributed by atoms with Gasteiger partial charge in [-0.25, -0.2) is 8.42 Å². The highest BCUT2D eigenvalue weighted by Crippen LogP contribution is 2.16. The quantitative estimate of drug-likeness (QED) is 0.717. The van der Waals surface area contributed by atoms with Gasteiger partial charge in [0.2, 0.25) is 0 Å². The zero-order valence-corrected chi connectivity index (χ0v) is 12.9. The fourth-order valence-electron chi connectivity index (χ4n) is 1.78. The summed E-state index contributed by atoms with van der Waals surface area (Å²) in [6.45, 7) is 1.97. The molecule has 6 nitrogen and oxygen atoms in total. The van der Waals surface area contributed by atoms with Crippen LogP contribution in [0, 0.1) is 11.3 Å². The van der Waals surface area contributed by atoms with Crippen LogP contribution in [0.2, 0.25) is 0 Å². The molecule has 0 aliphatic heterocycles. The fraction of sp³-hybridized carbons (Fsp3) is 0.500. The predicted molar refractivity (Wildman–Crippen MR) is 79.8 cm³/mol. The molecule has 0 saturated heterocycles. The van der Waals surface area contributed by atoms with Crippen LogP contribution in [0.5, 0.6) is 5.75 Å². The molecule has 2 N–H and O–H groups in total. The second-order valence-corrected chi connectivity index (χ2v) is 7.16. The number of benzene rings is 1. The van der Waals surface area contributed by atoms with Crippen molar-refractivity contribution in [3.05, 3.63) is 29.8 Å². The van der Waals surface area contributed by atoms with Crippen LogP contribution in [0.25, 0.3) is 0 Å². The van der Waals surface area contributed by atoms with Crippen LogP contribution in [0.1, 0.15) is 12.5 Å². The van der Waals surface area contributed by atoms with Crippen LogP contribution < -0.4 is 10.1 Å². The lowest BCUT2D eigenvalue weighted by Gasteiger charge is -2.17. The van der Waals surface area contributed by atoms with Crippen LogP contribution in [0.3, 0.4) is 0 Å². The van der Waals surface area contributed by atoms with Crippen molar-refractivity contribution in [2.24, 2.45) is 0 Å². The first-order valence-electron chi connectivity index (χ1n) is 6.53. The maximum absolute atomic E-state index is 11.1. The fourth-order valence-corrected chi connectivity index (χ4v) is 2.81. The second kappa shape index (κ2) is 7.98. The highest BCUT2D eigenvalue weighted by Gasteiger charge is 2.13. The Bertz CT molecular complexity index is 595. The maximum Gasteiger partial charge on any atom is 0.148 e.